The van der Waals surface area contributed by atoms with Crippen molar-refractivity contribution in [2.75, 3.05) is 40.2 Å². The Morgan fingerprint density at radius 3 is 2.38 bits per heavy atom. The van der Waals surface area contributed by atoms with Crippen molar-refractivity contribution >= 4 is 23.6 Å². The number of amides is 1. The van der Waals surface area contributed by atoms with E-state index in [0.717, 1.165) is 5.56 Å². The standard InChI is InChI=1S/C18H25NO6S/c1-5-25-16(21)7-6-8-19-15(20)11-26-18(19)17-13(23-3)9-12(22-2)10-14(17)24-4/h9-10,18H,5-8,11H2,1-4H3. The number of hydrogen-bond donors (Lipinski definition) is 0. The van der Waals surface area contributed by atoms with Gasteiger partial charge >= 0.3 is 5.97 Å². The lowest BCUT2D eigenvalue weighted by molar-refractivity contribution is -0.143. The van der Waals surface area contributed by atoms with E-state index in [2.05, 4.69) is 0 Å². The van der Waals surface area contributed by atoms with Crippen LogP contribution in [0, 0.1) is 0 Å². The van der Waals surface area contributed by atoms with Crippen LogP contribution in [0.3, 0.4) is 0 Å². The third-order valence-corrected chi connectivity index (χ3v) is 5.27. The van der Waals surface area contributed by atoms with Crippen LogP contribution in [-0.2, 0) is 14.3 Å². The molecule has 1 fully saturated rings. The maximum absolute atomic E-state index is 12.4. The van der Waals surface area contributed by atoms with Crippen LogP contribution in [0.25, 0.3) is 0 Å². The molecule has 144 valence electrons. The molecule has 8 heteroatoms. The summed E-state index contributed by atoms with van der Waals surface area (Å²) in [6.07, 6.45) is 0.828. The van der Waals surface area contributed by atoms with Crippen LogP contribution < -0.4 is 14.2 Å². The first kappa shape index (κ1) is 20.2. The maximum Gasteiger partial charge on any atom is 0.305 e. The molecule has 1 unspecified atom stereocenters. The molecule has 1 aliphatic rings. The predicted octanol–water partition coefficient (Wildman–Crippen LogP) is 2.63. The van der Waals surface area contributed by atoms with Gasteiger partial charge in [-0.05, 0) is 13.3 Å². The fourth-order valence-electron chi connectivity index (χ4n) is 2.84. The minimum absolute atomic E-state index is 0.0313. The van der Waals surface area contributed by atoms with E-state index in [0.29, 0.717) is 42.6 Å². The molecule has 1 aliphatic heterocycles. The number of carbonyl (C=O) groups is 2. The predicted molar refractivity (Wildman–Crippen MR) is 98.9 cm³/mol. The molecule has 0 aliphatic carbocycles. The second-order valence-electron chi connectivity index (χ2n) is 5.60. The molecule has 1 heterocycles. The molecular weight excluding hydrogens is 358 g/mol. The SMILES string of the molecule is CCOC(=O)CCCN1C(=O)CSC1c1c(OC)cc(OC)cc1OC. The largest absolute Gasteiger partial charge is 0.496 e. The van der Waals surface area contributed by atoms with E-state index < -0.39 is 0 Å². The molecule has 0 aromatic heterocycles. The second-order valence-corrected chi connectivity index (χ2v) is 6.67. The summed E-state index contributed by atoms with van der Waals surface area (Å²) < 4.78 is 21.3. The van der Waals surface area contributed by atoms with Crippen molar-refractivity contribution in [3.8, 4) is 17.2 Å². The van der Waals surface area contributed by atoms with Crippen LogP contribution in [0.4, 0.5) is 0 Å². The zero-order valence-corrected chi connectivity index (χ0v) is 16.4. The number of hydrogen-bond acceptors (Lipinski definition) is 7. The van der Waals surface area contributed by atoms with Crippen molar-refractivity contribution in [3.05, 3.63) is 17.7 Å². The number of benzene rings is 1. The summed E-state index contributed by atoms with van der Waals surface area (Å²) in [5, 5.41) is -0.236. The molecule has 1 atom stereocenters. The highest BCUT2D eigenvalue weighted by molar-refractivity contribution is 8.00. The number of esters is 1. The van der Waals surface area contributed by atoms with E-state index >= 15 is 0 Å². The van der Waals surface area contributed by atoms with Crippen molar-refractivity contribution < 1.29 is 28.5 Å². The molecule has 1 aromatic carbocycles. The van der Waals surface area contributed by atoms with Crippen LogP contribution in [0.15, 0.2) is 12.1 Å². The Balaban J connectivity index is 2.22. The van der Waals surface area contributed by atoms with Gasteiger partial charge in [0.2, 0.25) is 5.91 Å². The average Bonchev–Trinajstić information content (AvgIpc) is 3.01. The first-order chi connectivity index (χ1) is 12.5. The zero-order valence-electron chi connectivity index (χ0n) is 15.6. The number of nitrogens with zero attached hydrogens (tertiary/aromatic N) is 1. The third kappa shape index (κ3) is 4.55. The summed E-state index contributed by atoms with van der Waals surface area (Å²) in [5.74, 6) is 1.98. The van der Waals surface area contributed by atoms with E-state index in [1.165, 1.54) is 11.8 Å². The van der Waals surface area contributed by atoms with Crippen molar-refractivity contribution in [2.45, 2.75) is 25.1 Å². The average molecular weight is 383 g/mol. The Morgan fingerprint density at radius 2 is 1.85 bits per heavy atom. The lowest BCUT2D eigenvalue weighted by atomic mass is 10.1. The van der Waals surface area contributed by atoms with Gasteiger partial charge in [0, 0.05) is 25.1 Å². The van der Waals surface area contributed by atoms with Crippen LogP contribution in [-0.4, -0.2) is 57.0 Å². The van der Waals surface area contributed by atoms with Gasteiger partial charge in [0.25, 0.3) is 0 Å². The van der Waals surface area contributed by atoms with Crippen molar-refractivity contribution in [1.82, 2.24) is 4.90 Å². The molecular formula is C18H25NO6S. The Labute approximate surface area is 157 Å². The second kappa shape index (κ2) is 9.56. The smallest absolute Gasteiger partial charge is 0.305 e. The molecule has 0 N–H and O–H groups in total. The van der Waals surface area contributed by atoms with E-state index in [4.69, 9.17) is 18.9 Å². The number of rotatable bonds is 9. The first-order valence-electron chi connectivity index (χ1n) is 8.42. The van der Waals surface area contributed by atoms with Gasteiger partial charge in [-0.1, -0.05) is 0 Å². The topological polar surface area (TPSA) is 74.3 Å². The number of carbonyl (C=O) groups excluding carboxylic acids is 2. The zero-order chi connectivity index (χ0) is 19.1. The summed E-state index contributed by atoms with van der Waals surface area (Å²) in [5.41, 5.74) is 0.794. The highest BCUT2D eigenvalue weighted by Gasteiger charge is 2.36. The molecule has 26 heavy (non-hydrogen) atoms. The van der Waals surface area contributed by atoms with Gasteiger partial charge in [0.15, 0.2) is 0 Å². The summed E-state index contributed by atoms with van der Waals surface area (Å²) >= 11 is 1.51. The minimum Gasteiger partial charge on any atom is -0.496 e. The molecule has 0 saturated carbocycles. The van der Waals surface area contributed by atoms with Crippen LogP contribution in [0.2, 0.25) is 0 Å². The summed E-state index contributed by atoms with van der Waals surface area (Å²) in [7, 11) is 4.72. The Bertz CT molecular complexity index is 626. The third-order valence-electron chi connectivity index (χ3n) is 4.05. The Hall–Kier alpha value is -2.09. The molecule has 1 amide bonds. The molecule has 1 saturated heterocycles. The number of thioether (sulfide) groups is 1. The first-order valence-corrected chi connectivity index (χ1v) is 9.47. The van der Waals surface area contributed by atoms with Gasteiger partial charge in [-0.15, -0.1) is 11.8 Å². The number of methoxy groups -OCH3 is 3. The van der Waals surface area contributed by atoms with Crippen LogP contribution in [0.5, 0.6) is 17.2 Å². The van der Waals surface area contributed by atoms with Gasteiger partial charge in [-0.2, -0.15) is 0 Å². The monoisotopic (exact) mass is 383 g/mol. The van der Waals surface area contributed by atoms with Gasteiger partial charge < -0.3 is 23.8 Å². The van der Waals surface area contributed by atoms with Gasteiger partial charge in [-0.3, -0.25) is 9.59 Å². The molecule has 2 rings (SSSR count). The molecule has 7 nitrogen and oxygen atoms in total. The molecule has 0 radical (unpaired) electrons. The molecule has 0 spiro atoms. The van der Waals surface area contributed by atoms with Gasteiger partial charge in [0.1, 0.15) is 22.6 Å². The van der Waals surface area contributed by atoms with Gasteiger partial charge in [-0.25, -0.2) is 0 Å². The van der Waals surface area contributed by atoms with E-state index in [1.807, 2.05) is 0 Å². The van der Waals surface area contributed by atoms with Crippen molar-refractivity contribution in [2.24, 2.45) is 0 Å². The Kier molecular flexibility index (Phi) is 7.44. The summed E-state index contributed by atoms with van der Waals surface area (Å²) in [4.78, 5) is 25.7. The Morgan fingerprint density at radius 1 is 1.19 bits per heavy atom. The van der Waals surface area contributed by atoms with E-state index in [-0.39, 0.29) is 23.7 Å². The highest BCUT2D eigenvalue weighted by Crippen LogP contribution is 2.48. The minimum atomic E-state index is -0.247. The van der Waals surface area contributed by atoms with Crippen molar-refractivity contribution in [1.29, 1.82) is 0 Å². The molecule has 0 bridgehead atoms. The fraction of sp³-hybridized carbons (Fsp3) is 0.556. The molecule has 1 aromatic rings. The highest BCUT2D eigenvalue weighted by atomic mass is 32.2. The normalized spacial score (nSPS) is 16.5. The van der Waals surface area contributed by atoms with E-state index in [1.54, 1.807) is 45.3 Å². The number of ether oxygens (including phenoxy) is 4. The summed E-state index contributed by atoms with van der Waals surface area (Å²) in [6.45, 7) is 2.60. The van der Waals surface area contributed by atoms with Crippen molar-refractivity contribution in [3.63, 3.8) is 0 Å². The quantitative estimate of drug-likeness (QED) is 0.607. The van der Waals surface area contributed by atoms with Crippen LogP contribution in [0.1, 0.15) is 30.7 Å². The lowest BCUT2D eigenvalue weighted by Gasteiger charge is -2.27. The lowest BCUT2D eigenvalue weighted by Crippen LogP contribution is -2.30. The van der Waals surface area contributed by atoms with Gasteiger partial charge in [0.05, 0.1) is 39.3 Å². The maximum atomic E-state index is 12.4. The summed E-state index contributed by atoms with van der Waals surface area (Å²) in [6, 6.07) is 3.55. The van der Waals surface area contributed by atoms with Crippen LogP contribution >= 0.6 is 11.8 Å². The van der Waals surface area contributed by atoms with E-state index in [9.17, 15) is 9.59 Å². The fourth-order valence-corrected chi connectivity index (χ4v) is 4.11.